The molecule has 1 fully saturated rings. The zero-order valence-electron chi connectivity index (χ0n) is 13.6. The highest BCUT2D eigenvalue weighted by atomic mass is 19.3. The van der Waals surface area contributed by atoms with Gasteiger partial charge in [0.2, 0.25) is 6.43 Å². The first-order valence-corrected chi connectivity index (χ1v) is 8.09. The van der Waals surface area contributed by atoms with Crippen molar-refractivity contribution in [3.8, 4) is 0 Å². The molecule has 1 N–H and O–H groups in total. The molecule has 0 spiro atoms. The maximum atomic E-state index is 12.8. The van der Waals surface area contributed by atoms with E-state index < -0.39 is 35.3 Å². The summed E-state index contributed by atoms with van der Waals surface area (Å²) in [4.78, 5) is 52.1. The molecule has 25 heavy (non-hydrogen) atoms. The van der Waals surface area contributed by atoms with Gasteiger partial charge in [0.1, 0.15) is 11.0 Å². The number of hydrogen-bond acceptors (Lipinski definition) is 4. The van der Waals surface area contributed by atoms with Crippen LogP contribution >= 0.6 is 0 Å². The molecule has 2 aromatic heterocycles. The van der Waals surface area contributed by atoms with Crippen LogP contribution in [0.2, 0.25) is 0 Å². The number of nitrogens with zero attached hydrogens (tertiary/aromatic N) is 3. The number of halogens is 2. The number of nitrogens with one attached hydrogen (secondary N) is 1. The number of aromatic amines is 1. The lowest BCUT2D eigenvalue weighted by atomic mass is 9.93. The molecular weight excluding hydrogens is 338 g/mol. The van der Waals surface area contributed by atoms with Gasteiger partial charge in [0.25, 0.3) is 11.1 Å². The Bertz CT molecular complexity index is 1040. The van der Waals surface area contributed by atoms with Crippen LogP contribution in [0.15, 0.2) is 19.2 Å². The molecule has 8 nitrogen and oxygen atoms in total. The number of alkyl halides is 2. The van der Waals surface area contributed by atoms with Crippen LogP contribution in [0.3, 0.4) is 0 Å². The van der Waals surface area contributed by atoms with Crippen LogP contribution in [0.1, 0.15) is 38.1 Å². The second-order valence-corrected chi connectivity index (χ2v) is 6.25. The Hall–Kier alpha value is -2.52. The fourth-order valence-corrected chi connectivity index (χ4v) is 3.06. The van der Waals surface area contributed by atoms with Crippen LogP contribution in [0.25, 0.3) is 11.0 Å². The lowest BCUT2D eigenvalue weighted by Gasteiger charge is -2.26. The molecule has 136 valence electrons. The molecule has 0 bridgehead atoms. The first-order chi connectivity index (χ1) is 11.8. The number of aromatic nitrogens is 4. The first-order valence-electron chi connectivity index (χ1n) is 8.09. The van der Waals surface area contributed by atoms with E-state index in [4.69, 9.17) is 0 Å². The fourth-order valence-electron chi connectivity index (χ4n) is 3.06. The molecule has 0 aliphatic heterocycles. The molecule has 0 atom stereocenters. The molecule has 10 heteroatoms. The highest BCUT2D eigenvalue weighted by Crippen LogP contribution is 2.29. The van der Waals surface area contributed by atoms with Crippen molar-refractivity contribution in [2.24, 2.45) is 7.05 Å². The molecule has 1 saturated carbocycles. The molecule has 2 heterocycles. The summed E-state index contributed by atoms with van der Waals surface area (Å²) in [5, 5.41) is 0. The predicted octanol–water partition coefficient (Wildman–Crippen LogP) is 0.320. The van der Waals surface area contributed by atoms with Gasteiger partial charge in [-0.1, -0.05) is 0 Å². The third kappa shape index (κ3) is 2.85. The minimum absolute atomic E-state index is 0.0348. The fraction of sp³-hybridized carbons (Fsp3) is 0.600. The van der Waals surface area contributed by atoms with Crippen molar-refractivity contribution in [2.45, 2.75) is 51.1 Å². The van der Waals surface area contributed by atoms with Gasteiger partial charge in [0, 0.05) is 26.1 Å². The molecule has 2 aromatic rings. The maximum Gasteiger partial charge on any atom is 0.331 e. The van der Waals surface area contributed by atoms with Crippen LogP contribution in [0.5, 0.6) is 0 Å². The minimum Gasteiger partial charge on any atom is -0.301 e. The molecule has 0 aromatic carbocycles. The van der Waals surface area contributed by atoms with Crippen molar-refractivity contribution in [2.75, 3.05) is 0 Å². The highest BCUT2D eigenvalue weighted by molar-refractivity contribution is 5.72. The number of hydrogen-bond donors (Lipinski definition) is 1. The monoisotopic (exact) mass is 356 g/mol. The van der Waals surface area contributed by atoms with E-state index in [9.17, 15) is 28.0 Å². The van der Waals surface area contributed by atoms with Crippen LogP contribution in [0, 0.1) is 0 Å². The zero-order chi connectivity index (χ0) is 18.3. The van der Waals surface area contributed by atoms with E-state index in [2.05, 4.69) is 4.98 Å². The largest absolute Gasteiger partial charge is 0.331 e. The smallest absolute Gasteiger partial charge is 0.301 e. The summed E-state index contributed by atoms with van der Waals surface area (Å²) in [7, 11) is 1.21. The SMILES string of the molecule is Cn1c(=O)c2[nH]c(=O)n(C3CCC3)c(=O)c2n(CCCC(F)F)c1=O. The predicted molar refractivity (Wildman–Crippen MR) is 86.5 cm³/mol. The summed E-state index contributed by atoms with van der Waals surface area (Å²) in [6.45, 7) is -0.139. The van der Waals surface area contributed by atoms with E-state index in [0.29, 0.717) is 12.8 Å². The molecule has 0 unspecified atom stereocenters. The molecule has 0 radical (unpaired) electrons. The Labute approximate surface area is 139 Å². The van der Waals surface area contributed by atoms with E-state index in [-0.39, 0.29) is 30.0 Å². The number of H-pyrrole nitrogens is 1. The van der Waals surface area contributed by atoms with Gasteiger partial charge in [-0.25, -0.2) is 18.4 Å². The number of fused-ring (bicyclic) bond motifs is 1. The van der Waals surface area contributed by atoms with E-state index in [1.165, 1.54) is 7.05 Å². The summed E-state index contributed by atoms with van der Waals surface area (Å²) in [6.07, 6.45) is -0.791. The summed E-state index contributed by atoms with van der Waals surface area (Å²) < 4.78 is 27.6. The number of rotatable bonds is 5. The van der Waals surface area contributed by atoms with Gasteiger partial charge in [-0.2, -0.15) is 0 Å². The lowest BCUT2D eigenvalue weighted by molar-refractivity contribution is 0.133. The Kier molecular flexibility index (Phi) is 4.44. The van der Waals surface area contributed by atoms with Gasteiger partial charge >= 0.3 is 11.4 Å². The average Bonchev–Trinajstić information content (AvgIpc) is 2.50. The lowest BCUT2D eigenvalue weighted by Crippen LogP contribution is -2.47. The third-order valence-corrected chi connectivity index (χ3v) is 4.66. The second-order valence-electron chi connectivity index (χ2n) is 6.25. The van der Waals surface area contributed by atoms with Crippen LogP contribution in [-0.2, 0) is 13.6 Å². The average molecular weight is 356 g/mol. The van der Waals surface area contributed by atoms with Crippen molar-refractivity contribution < 1.29 is 8.78 Å². The van der Waals surface area contributed by atoms with Crippen LogP contribution < -0.4 is 22.5 Å². The minimum atomic E-state index is -2.53. The normalized spacial score (nSPS) is 15.0. The van der Waals surface area contributed by atoms with Gasteiger partial charge in [0.15, 0.2) is 0 Å². The Morgan fingerprint density at radius 2 is 1.84 bits per heavy atom. The van der Waals surface area contributed by atoms with Gasteiger partial charge in [-0.3, -0.25) is 23.3 Å². The summed E-state index contributed by atoms with van der Waals surface area (Å²) >= 11 is 0. The van der Waals surface area contributed by atoms with E-state index >= 15 is 0 Å². The summed E-state index contributed by atoms with van der Waals surface area (Å²) in [6, 6.07) is -0.269. The first kappa shape index (κ1) is 17.3. The van der Waals surface area contributed by atoms with E-state index in [1.807, 2.05) is 0 Å². The van der Waals surface area contributed by atoms with Crippen molar-refractivity contribution in [3.63, 3.8) is 0 Å². The topological polar surface area (TPSA) is 98.9 Å². The van der Waals surface area contributed by atoms with Gasteiger partial charge in [-0.15, -0.1) is 0 Å². The van der Waals surface area contributed by atoms with E-state index in [0.717, 1.165) is 20.1 Å². The molecule has 3 rings (SSSR count). The Morgan fingerprint density at radius 3 is 2.40 bits per heavy atom. The van der Waals surface area contributed by atoms with Gasteiger partial charge < -0.3 is 4.98 Å². The molecule has 1 aliphatic rings. The second kappa shape index (κ2) is 6.41. The quantitative estimate of drug-likeness (QED) is 0.834. The molecule has 1 aliphatic carbocycles. The van der Waals surface area contributed by atoms with Gasteiger partial charge in [0.05, 0.1) is 0 Å². The molecule has 0 amide bonds. The summed E-state index contributed by atoms with van der Waals surface area (Å²) in [5.74, 6) is 0. The van der Waals surface area contributed by atoms with Crippen molar-refractivity contribution in [3.05, 3.63) is 41.7 Å². The number of aryl methyl sites for hydroxylation is 1. The van der Waals surface area contributed by atoms with Gasteiger partial charge in [-0.05, 0) is 25.7 Å². The zero-order valence-corrected chi connectivity index (χ0v) is 13.6. The van der Waals surface area contributed by atoms with Crippen molar-refractivity contribution in [1.82, 2.24) is 18.7 Å². The molecule has 0 saturated heterocycles. The highest BCUT2D eigenvalue weighted by Gasteiger charge is 2.26. The Balaban J connectivity index is 2.29. The summed E-state index contributed by atoms with van der Waals surface area (Å²) in [5.41, 5.74) is -3.48. The Morgan fingerprint density at radius 1 is 1.16 bits per heavy atom. The standard InChI is InChI=1S/C15H18F2N4O4/c1-19-12(22)10-11(20(15(19)25)7-3-6-9(16)17)13(23)21(14(24)18-10)8-4-2-5-8/h8-9H,2-7H2,1H3,(H,18,24). The van der Waals surface area contributed by atoms with Crippen molar-refractivity contribution in [1.29, 1.82) is 0 Å². The molecular formula is C15H18F2N4O4. The third-order valence-electron chi connectivity index (χ3n) is 4.66. The van der Waals surface area contributed by atoms with Crippen molar-refractivity contribution >= 4 is 11.0 Å². The van der Waals surface area contributed by atoms with Crippen LogP contribution in [0.4, 0.5) is 8.78 Å². The maximum absolute atomic E-state index is 12.8. The van der Waals surface area contributed by atoms with E-state index in [1.54, 1.807) is 0 Å². The van der Waals surface area contributed by atoms with Crippen LogP contribution in [-0.4, -0.2) is 25.1 Å².